The van der Waals surface area contributed by atoms with E-state index in [-0.39, 0.29) is 5.56 Å². The Morgan fingerprint density at radius 3 is 2.74 bits per heavy atom. The Kier molecular flexibility index (Phi) is 4.15. The normalized spacial score (nSPS) is 10.8. The number of aromatic carboxylic acids is 1. The molecule has 0 aliphatic carbocycles. The van der Waals surface area contributed by atoms with Crippen LogP contribution in [0.2, 0.25) is 0 Å². The number of carboxylic acid groups (broad SMARTS) is 1. The van der Waals surface area contributed by atoms with Gasteiger partial charge in [-0.3, -0.25) is 5.43 Å². The summed E-state index contributed by atoms with van der Waals surface area (Å²) >= 11 is 0. The molecule has 0 radical (unpaired) electrons. The van der Waals surface area contributed by atoms with Crippen LogP contribution in [0.5, 0.6) is 0 Å². The topological polar surface area (TPSA) is 79.5 Å². The van der Waals surface area contributed by atoms with Crippen molar-refractivity contribution < 1.29 is 9.90 Å². The van der Waals surface area contributed by atoms with E-state index in [1.54, 1.807) is 30.9 Å². The zero-order chi connectivity index (χ0) is 16.1. The predicted molar refractivity (Wildman–Crippen MR) is 88.2 cm³/mol. The Morgan fingerprint density at radius 2 is 2.04 bits per heavy atom. The molecule has 0 aliphatic rings. The van der Waals surface area contributed by atoms with Crippen LogP contribution < -0.4 is 5.43 Å². The smallest absolute Gasteiger partial charge is 0.335 e. The summed E-state index contributed by atoms with van der Waals surface area (Å²) in [5.74, 6) is -0.965. The molecule has 0 bridgehead atoms. The first kappa shape index (κ1) is 14.5. The Hall–Kier alpha value is -3.41. The summed E-state index contributed by atoms with van der Waals surface area (Å²) in [4.78, 5) is 14.9. The number of carboxylic acids is 1. The fraction of sp³-hybridized carbons (Fsp3) is 0. The van der Waals surface area contributed by atoms with Crippen molar-refractivity contribution in [3.63, 3.8) is 0 Å². The lowest BCUT2D eigenvalue weighted by molar-refractivity contribution is 0.0697. The Morgan fingerprint density at radius 1 is 1.22 bits per heavy atom. The van der Waals surface area contributed by atoms with E-state index in [1.807, 2.05) is 35.0 Å². The largest absolute Gasteiger partial charge is 0.478 e. The van der Waals surface area contributed by atoms with Gasteiger partial charge in [0, 0.05) is 18.1 Å². The number of nitrogens with one attached hydrogen (secondary N) is 1. The fourth-order valence-electron chi connectivity index (χ4n) is 2.05. The van der Waals surface area contributed by atoms with E-state index < -0.39 is 5.97 Å². The van der Waals surface area contributed by atoms with Gasteiger partial charge >= 0.3 is 5.97 Å². The quantitative estimate of drug-likeness (QED) is 0.561. The van der Waals surface area contributed by atoms with Gasteiger partial charge in [-0.2, -0.15) is 5.10 Å². The van der Waals surface area contributed by atoms with Crippen LogP contribution in [-0.4, -0.2) is 26.8 Å². The first-order valence-corrected chi connectivity index (χ1v) is 6.93. The van der Waals surface area contributed by atoms with Gasteiger partial charge in [-0.15, -0.1) is 0 Å². The van der Waals surface area contributed by atoms with Gasteiger partial charge in [-0.25, -0.2) is 9.78 Å². The average molecular weight is 306 g/mol. The number of hydrazone groups is 1. The van der Waals surface area contributed by atoms with Crippen molar-refractivity contribution >= 4 is 17.9 Å². The molecule has 0 aliphatic heterocycles. The Balaban J connectivity index is 1.66. The molecule has 2 aromatic carbocycles. The molecule has 2 N–H and O–H groups in total. The first-order valence-electron chi connectivity index (χ1n) is 6.93. The highest BCUT2D eigenvalue weighted by molar-refractivity contribution is 5.88. The number of benzene rings is 2. The molecule has 0 amide bonds. The number of aromatic nitrogens is 2. The fourth-order valence-corrected chi connectivity index (χ4v) is 2.05. The summed E-state index contributed by atoms with van der Waals surface area (Å²) in [5.41, 5.74) is 5.60. The molecule has 0 unspecified atom stereocenters. The highest BCUT2D eigenvalue weighted by Crippen LogP contribution is 2.11. The minimum Gasteiger partial charge on any atom is -0.478 e. The minimum atomic E-state index is -0.965. The van der Waals surface area contributed by atoms with Gasteiger partial charge < -0.3 is 9.67 Å². The molecule has 0 saturated carbocycles. The highest BCUT2D eigenvalue weighted by atomic mass is 16.4. The number of rotatable bonds is 5. The third-order valence-electron chi connectivity index (χ3n) is 3.21. The molecule has 1 heterocycles. The lowest BCUT2D eigenvalue weighted by Crippen LogP contribution is -1.97. The van der Waals surface area contributed by atoms with Gasteiger partial charge in [0.2, 0.25) is 0 Å². The summed E-state index contributed by atoms with van der Waals surface area (Å²) in [5, 5.41) is 13.1. The number of nitrogens with zero attached hydrogens (tertiary/aromatic N) is 3. The van der Waals surface area contributed by atoms with Crippen LogP contribution in [-0.2, 0) is 0 Å². The minimum absolute atomic E-state index is 0.217. The van der Waals surface area contributed by atoms with E-state index in [0.717, 1.165) is 11.3 Å². The van der Waals surface area contributed by atoms with Crippen molar-refractivity contribution in [3.8, 4) is 5.69 Å². The second kappa shape index (κ2) is 6.57. The number of carbonyl (C=O) groups is 1. The number of imidazole rings is 1. The maximum atomic E-state index is 10.9. The zero-order valence-corrected chi connectivity index (χ0v) is 12.1. The molecule has 0 spiro atoms. The molecule has 3 aromatic rings. The van der Waals surface area contributed by atoms with Crippen molar-refractivity contribution in [2.45, 2.75) is 0 Å². The average Bonchev–Trinajstić information content (AvgIpc) is 3.10. The third-order valence-corrected chi connectivity index (χ3v) is 3.21. The van der Waals surface area contributed by atoms with Gasteiger partial charge in [0.15, 0.2) is 0 Å². The van der Waals surface area contributed by atoms with Gasteiger partial charge in [-0.1, -0.05) is 18.2 Å². The molecule has 1 aromatic heterocycles. The molecule has 114 valence electrons. The predicted octanol–water partition coefficient (Wildman–Crippen LogP) is 3.02. The highest BCUT2D eigenvalue weighted by Gasteiger charge is 2.02. The maximum Gasteiger partial charge on any atom is 0.335 e. The molecule has 23 heavy (non-hydrogen) atoms. The van der Waals surface area contributed by atoms with E-state index in [1.165, 1.54) is 12.1 Å². The van der Waals surface area contributed by atoms with Crippen LogP contribution in [0.1, 0.15) is 15.9 Å². The summed E-state index contributed by atoms with van der Waals surface area (Å²) in [6, 6.07) is 14.3. The van der Waals surface area contributed by atoms with Crippen LogP contribution in [0.3, 0.4) is 0 Å². The molecule has 0 atom stereocenters. The number of hydrogen-bond donors (Lipinski definition) is 2. The van der Waals surface area contributed by atoms with Crippen molar-refractivity contribution in [1.29, 1.82) is 0 Å². The second-order valence-corrected chi connectivity index (χ2v) is 4.82. The molecule has 6 heteroatoms. The summed E-state index contributed by atoms with van der Waals surface area (Å²) < 4.78 is 1.91. The van der Waals surface area contributed by atoms with Crippen molar-refractivity contribution in [3.05, 3.63) is 78.4 Å². The summed E-state index contributed by atoms with van der Waals surface area (Å²) in [6.45, 7) is 0. The molecule has 6 nitrogen and oxygen atoms in total. The SMILES string of the molecule is O=C(O)c1cccc(N/N=C/c2ccc(-n3ccnc3)cc2)c1. The van der Waals surface area contributed by atoms with Crippen molar-refractivity contribution in [2.24, 2.45) is 5.10 Å². The lowest BCUT2D eigenvalue weighted by Gasteiger charge is -2.03. The summed E-state index contributed by atoms with van der Waals surface area (Å²) in [6.07, 6.45) is 7.01. The van der Waals surface area contributed by atoms with Gasteiger partial charge in [0.25, 0.3) is 0 Å². The Labute approximate surface area is 132 Å². The van der Waals surface area contributed by atoms with E-state index >= 15 is 0 Å². The lowest BCUT2D eigenvalue weighted by atomic mass is 10.2. The van der Waals surface area contributed by atoms with Gasteiger partial charge in [0.1, 0.15) is 0 Å². The Bertz CT molecular complexity index is 824. The second-order valence-electron chi connectivity index (χ2n) is 4.82. The van der Waals surface area contributed by atoms with E-state index in [4.69, 9.17) is 5.11 Å². The van der Waals surface area contributed by atoms with Crippen LogP contribution in [0.25, 0.3) is 5.69 Å². The third kappa shape index (κ3) is 3.62. The van der Waals surface area contributed by atoms with Crippen molar-refractivity contribution in [2.75, 3.05) is 5.43 Å². The van der Waals surface area contributed by atoms with E-state index in [0.29, 0.717) is 5.69 Å². The summed E-state index contributed by atoms with van der Waals surface area (Å²) in [7, 11) is 0. The molecular formula is C17H14N4O2. The van der Waals surface area contributed by atoms with Crippen LogP contribution in [0.15, 0.2) is 72.4 Å². The van der Waals surface area contributed by atoms with Gasteiger partial charge in [-0.05, 0) is 35.9 Å². The standard InChI is InChI=1S/C17H14N4O2/c22-17(23)14-2-1-3-15(10-14)20-19-11-13-4-6-16(7-5-13)21-9-8-18-12-21/h1-12,20H,(H,22,23)/b19-11+. The molecule has 0 saturated heterocycles. The monoisotopic (exact) mass is 306 g/mol. The maximum absolute atomic E-state index is 10.9. The van der Waals surface area contributed by atoms with E-state index in [9.17, 15) is 4.79 Å². The van der Waals surface area contributed by atoms with Gasteiger partial charge in [0.05, 0.1) is 23.8 Å². The molecular weight excluding hydrogens is 292 g/mol. The number of hydrogen-bond acceptors (Lipinski definition) is 4. The van der Waals surface area contributed by atoms with E-state index in [2.05, 4.69) is 15.5 Å². The van der Waals surface area contributed by atoms with Crippen LogP contribution in [0, 0.1) is 0 Å². The first-order chi connectivity index (χ1) is 11.2. The van der Waals surface area contributed by atoms with Crippen LogP contribution >= 0.6 is 0 Å². The number of anilines is 1. The zero-order valence-electron chi connectivity index (χ0n) is 12.1. The van der Waals surface area contributed by atoms with Crippen LogP contribution in [0.4, 0.5) is 5.69 Å². The molecule has 0 fully saturated rings. The molecule has 3 rings (SSSR count). The van der Waals surface area contributed by atoms with Crippen molar-refractivity contribution in [1.82, 2.24) is 9.55 Å².